The van der Waals surface area contributed by atoms with E-state index in [4.69, 9.17) is 0 Å². The van der Waals surface area contributed by atoms with Crippen LogP contribution in [0.25, 0.3) is 0 Å². The highest BCUT2D eigenvalue weighted by Gasteiger charge is 2.25. The lowest BCUT2D eigenvalue weighted by atomic mass is 9.96. The van der Waals surface area contributed by atoms with E-state index in [1.165, 1.54) is 6.07 Å². The van der Waals surface area contributed by atoms with E-state index >= 15 is 0 Å². The lowest BCUT2D eigenvalue weighted by Crippen LogP contribution is -2.42. The Balaban J connectivity index is 1.51. The summed E-state index contributed by atoms with van der Waals surface area (Å²) in [5.74, 6) is -0.137. The Morgan fingerprint density at radius 3 is 3.04 bits per heavy atom. The molecule has 0 bridgehead atoms. The highest BCUT2D eigenvalue weighted by Crippen LogP contribution is 2.19. The summed E-state index contributed by atoms with van der Waals surface area (Å²) < 4.78 is 15.0. The van der Waals surface area contributed by atoms with Crippen molar-refractivity contribution in [1.82, 2.24) is 20.0 Å². The molecule has 1 aliphatic rings. The molecule has 3 rings (SSSR count). The number of rotatable bonds is 5. The van der Waals surface area contributed by atoms with Gasteiger partial charge in [0.25, 0.3) is 0 Å². The zero-order chi connectivity index (χ0) is 16.9. The zero-order valence-electron chi connectivity index (χ0n) is 13.9. The number of nitrogens with one attached hydrogen (secondary N) is 1. The van der Waals surface area contributed by atoms with Gasteiger partial charge in [0.1, 0.15) is 5.82 Å². The predicted molar refractivity (Wildman–Crippen MR) is 89.5 cm³/mol. The van der Waals surface area contributed by atoms with E-state index in [-0.39, 0.29) is 17.6 Å². The lowest BCUT2D eigenvalue weighted by Gasteiger charge is -2.32. The molecule has 1 atom stereocenters. The topological polar surface area (TPSA) is 50.2 Å². The Morgan fingerprint density at radius 2 is 2.29 bits per heavy atom. The first-order valence-corrected chi connectivity index (χ1v) is 8.32. The number of halogens is 1. The smallest absolute Gasteiger partial charge is 0.224 e. The average molecular weight is 330 g/mol. The van der Waals surface area contributed by atoms with Gasteiger partial charge in [0, 0.05) is 38.4 Å². The molecule has 1 aromatic carbocycles. The molecule has 128 valence electrons. The summed E-state index contributed by atoms with van der Waals surface area (Å²) in [6.07, 6.45) is 5.55. The molecular weight excluding hydrogens is 307 g/mol. The van der Waals surface area contributed by atoms with Crippen molar-refractivity contribution in [1.29, 1.82) is 0 Å². The Morgan fingerprint density at radius 1 is 1.42 bits per heavy atom. The van der Waals surface area contributed by atoms with Gasteiger partial charge in [-0.15, -0.1) is 0 Å². The lowest BCUT2D eigenvalue weighted by molar-refractivity contribution is -0.126. The molecule has 1 N–H and O–H groups in total. The van der Waals surface area contributed by atoms with E-state index in [1.54, 1.807) is 23.0 Å². The quantitative estimate of drug-likeness (QED) is 0.913. The minimum absolute atomic E-state index is 0.0102. The van der Waals surface area contributed by atoms with Crippen LogP contribution in [0.4, 0.5) is 4.39 Å². The number of benzene rings is 1. The first-order chi connectivity index (χ1) is 11.6. The summed E-state index contributed by atoms with van der Waals surface area (Å²) in [6.45, 7) is 2.86. The minimum atomic E-state index is -0.213. The van der Waals surface area contributed by atoms with Crippen LogP contribution >= 0.6 is 0 Å². The van der Waals surface area contributed by atoms with Crippen LogP contribution in [-0.4, -0.2) is 33.7 Å². The number of aromatic nitrogens is 2. The van der Waals surface area contributed by atoms with Crippen molar-refractivity contribution in [3.05, 3.63) is 53.6 Å². The van der Waals surface area contributed by atoms with Crippen molar-refractivity contribution in [2.45, 2.75) is 25.9 Å². The summed E-state index contributed by atoms with van der Waals surface area (Å²) in [5.41, 5.74) is 1.95. The van der Waals surface area contributed by atoms with Crippen LogP contribution in [0.2, 0.25) is 0 Å². The van der Waals surface area contributed by atoms with Gasteiger partial charge >= 0.3 is 0 Å². The van der Waals surface area contributed by atoms with Crippen LogP contribution in [0, 0.1) is 11.7 Å². The monoisotopic (exact) mass is 330 g/mol. The van der Waals surface area contributed by atoms with Crippen molar-refractivity contribution in [2.24, 2.45) is 13.0 Å². The Bertz CT molecular complexity index is 700. The van der Waals surface area contributed by atoms with Gasteiger partial charge < -0.3 is 5.32 Å². The van der Waals surface area contributed by atoms with Gasteiger partial charge in [-0.1, -0.05) is 12.1 Å². The van der Waals surface area contributed by atoms with E-state index < -0.39 is 0 Å². The number of hydrogen-bond donors (Lipinski definition) is 1. The third-order valence-corrected chi connectivity index (χ3v) is 4.40. The SMILES string of the molecule is Cn1cc(CNC(=O)[C@H]2CCCN(Cc3cccc(F)c3)C2)cn1. The molecule has 0 radical (unpaired) electrons. The number of carbonyl (C=O) groups is 1. The zero-order valence-corrected chi connectivity index (χ0v) is 13.9. The second kappa shape index (κ2) is 7.57. The van der Waals surface area contributed by atoms with Gasteiger partial charge in [-0.05, 0) is 37.1 Å². The van der Waals surface area contributed by atoms with Crippen LogP contribution in [0.5, 0.6) is 0 Å². The fraction of sp³-hybridized carbons (Fsp3) is 0.444. The molecule has 1 amide bonds. The largest absolute Gasteiger partial charge is 0.352 e. The molecule has 6 heteroatoms. The molecule has 2 aromatic rings. The minimum Gasteiger partial charge on any atom is -0.352 e. The fourth-order valence-electron chi connectivity index (χ4n) is 3.20. The van der Waals surface area contributed by atoms with Crippen molar-refractivity contribution in [2.75, 3.05) is 13.1 Å². The number of likely N-dealkylation sites (tertiary alicyclic amines) is 1. The third-order valence-electron chi connectivity index (χ3n) is 4.40. The molecule has 24 heavy (non-hydrogen) atoms. The normalized spacial score (nSPS) is 18.5. The Kier molecular flexibility index (Phi) is 5.25. The van der Waals surface area contributed by atoms with Crippen LogP contribution in [0.15, 0.2) is 36.7 Å². The molecule has 1 fully saturated rings. The maximum absolute atomic E-state index is 13.3. The summed E-state index contributed by atoms with van der Waals surface area (Å²) in [6, 6.07) is 6.67. The van der Waals surface area contributed by atoms with E-state index in [2.05, 4.69) is 15.3 Å². The Labute approximate surface area is 141 Å². The van der Waals surface area contributed by atoms with Gasteiger partial charge in [-0.25, -0.2) is 4.39 Å². The fourth-order valence-corrected chi connectivity index (χ4v) is 3.20. The van der Waals surface area contributed by atoms with Gasteiger partial charge in [0.05, 0.1) is 12.1 Å². The Hall–Kier alpha value is -2.21. The summed E-state index contributed by atoms with van der Waals surface area (Å²) in [7, 11) is 1.86. The van der Waals surface area contributed by atoms with Crippen LogP contribution in [0.3, 0.4) is 0 Å². The molecule has 1 saturated heterocycles. The van der Waals surface area contributed by atoms with Crippen LogP contribution in [0.1, 0.15) is 24.0 Å². The number of aryl methyl sites for hydroxylation is 1. The number of piperidine rings is 1. The summed E-state index contributed by atoms with van der Waals surface area (Å²) in [4.78, 5) is 14.6. The number of amides is 1. The van der Waals surface area contributed by atoms with Gasteiger partial charge in [0.15, 0.2) is 0 Å². The van der Waals surface area contributed by atoms with Gasteiger partial charge in [-0.2, -0.15) is 5.10 Å². The number of carbonyl (C=O) groups excluding carboxylic acids is 1. The maximum Gasteiger partial charge on any atom is 0.224 e. The molecule has 0 unspecified atom stereocenters. The molecule has 1 aromatic heterocycles. The first kappa shape index (κ1) is 16.6. The van der Waals surface area contributed by atoms with Crippen LogP contribution in [-0.2, 0) is 24.9 Å². The number of hydrogen-bond acceptors (Lipinski definition) is 3. The summed E-state index contributed by atoms with van der Waals surface area (Å²) in [5, 5.41) is 7.10. The van der Waals surface area contributed by atoms with Crippen molar-refractivity contribution >= 4 is 5.91 Å². The third kappa shape index (κ3) is 4.41. The molecule has 1 aliphatic heterocycles. The predicted octanol–water partition coefficient (Wildman–Crippen LogP) is 2.09. The molecular formula is C18H23FN4O. The molecule has 0 saturated carbocycles. The molecule has 0 aliphatic carbocycles. The standard InChI is InChI=1S/C18H23FN4O/c1-22-11-15(10-21-22)9-20-18(24)16-5-3-7-23(13-16)12-14-4-2-6-17(19)8-14/h2,4,6,8,10-11,16H,3,5,7,9,12-13H2,1H3,(H,20,24)/t16-/m0/s1. The van der Waals surface area contributed by atoms with E-state index in [9.17, 15) is 9.18 Å². The highest BCUT2D eigenvalue weighted by molar-refractivity contribution is 5.78. The first-order valence-electron chi connectivity index (χ1n) is 8.32. The maximum atomic E-state index is 13.3. The van der Waals surface area contributed by atoms with Crippen LogP contribution < -0.4 is 5.32 Å². The molecule has 5 nitrogen and oxygen atoms in total. The number of nitrogens with zero attached hydrogens (tertiary/aromatic N) is 3. The second-order valence-electron chi connectivity index (χ2n) is 6.44. The summed E-state index contributed by atoms with van der Waals surface area (Å²) >= 11 is 0. The molecule has 2 heterocycles. The van der Waals surface area contributed by atoms with Gasteiger partial charge in [0.2, 0.25) is 5.91 Å². The van der Waals surface area contributed by atoms with Gasteiger partial charge in [-0.3, -0.25) is 14.4 Å². The van der Waals surface area contributed by atoms with E-state index in [0.717, 1.165) is 37.1 Å². The van der Waals surface area contributed by atoms with Crippen molar-refractivity contribution < 1.29 is 9.18 Å². The molecule has 0 spiro atoms. The average Bonchev–Trinajstić information content (AvgIpc) is 2.98. The van der Waals surface area contributed by atoms with Crippen molar-refractivity contribution in [3.8, 4) is 0 Å². The van der Waals surface area contributed by atoms with Crippen molar-refractivity contribution in [3.63, 3.8) is 0 Å². The highest BCUT2D eigenvalue weighted by atomic mass is 19.1. The second-order valence-corrected chi connectivity index (χ2v) is 6.44. The van der Waals surface area contributed by atoms with E-state index in [1.807, 2.05) is 19.3 Å². The van der Waals surface area contributed by atoms with E-state index in [0.29, 0.717) is 13.1 Å².